The van der Waals surface area contributed by atoms with E-state index in [2.05, 4.69) is 39.9 Å². The van der Waals surface area contributed by atoms with Crippen LogP contribution in [-0.2, 0) is 6.54 Å². The maximum absolute atomic E-state index is 6.07. The van der Waals surface area contributed by atoms with Gasteiger partial charge < -0.3 is 10.1 Å². The largest absolute Gasteiger partial charge is 0.493 e. The Morgan fingerprint density at radius 2 is 1.95 bits per heavy atom. The third kappa shape index (κ3) is 6.84. The lowest BCUT2D eigenvalue weighted by Gasteiger charge is -2.22. The molecule has 0 bridgehead atoms. The molecule has 1 N–H and O–H groups in total. The zero-order chi connectivity index (χ0) is 14.5. The second kappa shape index (κ2) is 7.16. The van der Waals surface area contributed by atoms with E-state index in [1.54, 1.807) is 0 Å². The molecular weight excluding hydrogens is 258 g/mol. The van der Waals surface area contributed by atoms with E-state index in [1.165, 1.54) is 0 Å². The third-order valence-corrected chi connectivity index (χ3v) is 3.02. The Hall–Kier alpha value is -0.730. The predicted octanol–water partition coefficient (Wildman–Crippen LogP) is 4.65. The number of benzene rings is 1. The first-order valence-electron chi connectivity index (χ1n) is 6.94. The number of hydrogen-bond donors (Lipinski definition) is 1. The van der Waals surface area contributed by atoms with E-state index in [1.807, 2.05) is 18.2 Å². The van der Waals surface area contributed by atoms with Crippen molar-refractivity contribution in [3.63, 3.8) is 0 Å². The molecule has 1 aromatic rings. The smallest absolute Gasteiger partial charge is 0.123 e. The SMILES string of the molecule is CC(C)CCOc1ccc(Cl)cc1CNC(C)(C)C. The summed E-state index contributed by atoms with van der Waals surface area (Å²) in [5, 5.41) is 4.22. The van der Waals surface area contributed by atoms with Crippen LogP contribution in [0, 0.1) is 5.92 Å². The molecule has 0 radical (unpaired) electrons. The molecule has 0 amide bonds. The molecule has 0 fully saturated rings. The molecular formula is C16H26ClNO. The number of hydrogen-bond acceptors (Lipinski definition) is 2. The molecule has 2 nitrogen and oxygen atoms in total. The van der Waals surface area contributed by atoms with Crippen LogP contribution in [0.2, 0.25) is 5.02 Å². The molecule has 19 heavy (non-hydrogen) atoms. The minimum Gasteiger partial charge on any atom is -0.493 e. The second-order valence-corrected chi connectivity index (χ2v) is 6.82. The zero-order valence-corrected chi connectivity index (χ0v) is 13.5. The van der Waals surface area contributed by atoms with Crippen LogP contribution in [0.3, 0.4) is 0 Å². The van der Waals surface area contributed by atoms with Gasteiger partial charge in [-0.25, -0.2) is 0 Å². The Kier molecular flexibility index (Phi) is 6.15. The highest BCUT2D eigenvalue weighted by molar-refractivity contribution is 6.30. The summed E-state index contributed by atoms with van der Waals surface area (Å²) in [6, 6.07) is 5.82. The van der Waals surface area contributed by atoms with Crippen molar-refractivity contribution in [2.75, 3.05) is 6.61 Å². The van der Waals surface area contributed by atoms with Crippen LogP contribution < -0.4 is 10.1 Å². The first kappa shape index (κ1) is 16.3. The van der Waals surface area contributed by atoms with Gasteiger partial charge in [-0.15, -0.1) is 0 Å². The number of nitrogens with one attached hydrogen (secondary N) is 1. The van der Waals surface area contributed by atoms with Gasteiger partial charge in [0.05, 0.1) is 6.61 Å². The summed E-state index contributed by atoms with van der Waals surface area (Å²) in [5.41, 5.74) is 1.20. The van der Waals surface area contributed by atoms with Crippen molar-refractivity contribution in [2.24, 2.45) is 5.92 Å². The summed E-state index contributed by atoms with van der Waals surface area (Å²) >= 11 is 6.07. The molecule has 0 saturated heterocycles. The highest BCUT2D eigenvalue weighted by atomic mass is 35.5. The van der Waals surface area contributed by atoms with Gasteiger partial charge in [0.1, 0.15) is 5.75 Å². The first-order chi connectivity index (χ1) is 8.78. The molecule has 0 aliphatic rings. The van der Waals surface area contributed by atoms with Gasteiger partial charge in [0, 0.05) is 22.7 Å². The highest BCUT2D eigenvalue weighted by Crippen LogP contribution is 2.24. The average molecular weight is 284 g/mol. The summed E-state index contributed by atoms with van der Waals surface area (Å²) in [6.07, 6.45) is 1.06. The Labute approximate surface area is 122 Å². The first-order valence-corrected chi connectivity index (χ1v) is 7.32. The van der Waals surface area contributed by atoms with E-state index in [4.69, 9.17) is 16.3 Å². The summed E-state index contributed by atoms with van der Waals surface area (Å²) < 4.78 is 5.87. The molecule has 0 unspecified atom stereocenters. The van der Waals surface area contributed by atoms with Gasteiger partial charge in [0.2, 0.25) is 0 Å². The fraction of sp³-hybridized carbons (Fsp3) is 0.625. The fourth-order valence-corrected chi connectivity index (χ4v) is 1.79. The van der Waals surface area contributed by atoms with Crippen molar-refractivity contribution < 1.29 is 4.74 Å². The minimum atomic E-state index is 0.0809. The molecule has 1 aromatic carbocycles. The predicted molar refractivity (Wildman–Crippen MR) is 83.0 cm³/mol. The standard InChI is InChI=1S/C16H26ClNO/c1-12(2)8-9-19-15-7-6-14(17)10-13(15)11-18-16(3,4)5/h6-7,10,12,18H,8-9,11H2,1-5H3. The van der Waals surface area contributed by atoms with Crippen molar-refractivity contribution in [3.8, 4) is 5.75 Å². The van der Waals surface area contributed by atoms with Gasteiger partial charge in [-0.05, 0) is 51.3 Å². The van der Waals surface area contributed by atoms with E-state index in [0.29, 0.717) is 5.92 Å². The van der Waals surface area contributed by atoms with Gasteiger partial charge >= 0.3 is 0 Å². The van der Waals surface area contributed by atoms with Crippen LogP contribution in [0.4, 0.5) is 0 Å². The average Bonchev–Trinajstić information content (AvgIpc) is 2.27. The number of ether oxygens (including phenoxy) is 1. The van der Waals surface area contributed by atoms with E-state index < -0.39 is 0 Å². The lowest BCUT2D eigenvalue weighted by atomic mass is 10.1. The topological polar surface area (TPSA) is 21.3 Å². The quantitative estimate of drug-likeness (QED) is 0.820. The van der Waals surface area contributed by atoms with Crippen molar-refractivity contribution in [1.29, 1.82) is 0 Å². The van der Waals surface area contributed by atoms with Crippen molar-refractivity contribution >= 4 is 11.6 Å². The molecule has 1 rings (SSSR count). The lowest BCUT2D eigenvalue weighted by molar-refractivity contribution is 0.285. The Balaban J connectivity index is 2.68. The summed E-state index contributed by atoms with van der Waals surface area (Å²) in [7, 11) is 0. The minimum absolute atomic E-state index is 0.0809. The maximum atomic E-state index is 6.07. The Morgan fingerprint density at radius 1 is 1.26 bits per heavy atom. The monoisotopic (exact) mass is 283 g/mol. The van der Waals surface area contributed by atoms with Crippen LogP contribution in [-0.4, -0.2) is 12.1 Å². The maximum Gasteiger partial charge on any atom is 0.123 e. The van der Waals surface area contributed by atoms with Gasteiger partial charge in [-0.2, -0.15) is 0 Å². The van der Waals surface area contributed by atoms with Crippen LogP contribution in [0.1, 0.15) is 46.6 Å². The number of rotatable bonds is 6. The Bertz CT molecular complexity index is 396. The van der Waals surface area contributed by atoms with Crippen LogP contribution in [0.15, 0.2) is 18.2 Å². The van der Waals surface area contributed by atoms with Gasteiger partial charge in [0.15, 0.2) is 0 Å². The van der Waals surface area contributed by atoms with E-state index in [0.717, 1.165) is 35.9 Å². The Morgan fingerprint density at radius 3 is 2.53 bits per heavy atom. The van der Waals surface area contributed by atoms with Crippen LogP contribution >= 0.6 is 11.6 Å². The molecule has 108 valence electrons. The lowest BCUT2D eigenvalue weighted by Crippen LogP contribution is -2.35. The van der Waals surface area contributed by atoms with E-state index in [-0.39, 0.29) is 5.54 Å². The molecule has 3 heteroatoms. The van der Waals surface area contributed by atoms with Crippen LogP contribution in [0.25, 0.3) is 0 Å². The van der Waals surface area contributed by atoms with E-state index in [9.17, 15) is 0 Å². The molecule has 0 saturated carbocycles. The van der Waals surface area contributed by atoms with Crippen molar-refractivity contribution in [1.82, 2.24) is 5.32 Å². The molecule has 0 aliphatic heterocycles. The van der Waals surface area contributed by atoms with E-state index >= 15 is 0 Å². The number of halogens is 1. The van der Waals surface area contributed by atoms with Gasteiger partial charge in [-0.1, -0.05) is 25.4 Å². The summed E-state index contributed by atoms with van der Waals surface area (Å²) in [6.45, 7) is 12.4. The summed E-state index contributed by atoms with van der Waals surface area (Å²) in [5.74, 6) is 1.59. The molecule has 0 spiro atoms. The van der Waals surface area contributed by atoms with Crippen molar-refractivity contribution in [2.45, 2.75) is 53.1 Å². The molecule has 0 heterocycles. The van der Waals surface area contributed by atoms with Crippen molar-refractivity contribution in [3.05, 3.63) is 28.8 Å². The van der Waals surface area contributed by atoms with Gasteiger partial charge in [0.25, 0.3) is 0 Å². The highest BCUT2D eigenvalue weighted by Gasteiger charge is 2.11. The fourth-order valence-electron chi connectivity index (χ4n) is 1.59. The van der Waals surface area contributed by atoms with Crippen LogP contribution in [0.5, 0.6) is 5.75 Å². The summed E-state index contributed by atoms with van der Waals surface area (Å²) in [4.78, 5) is 0. The zero-order valence-electron chi connectivity index (χ0n) is 12.7. The molecule has 0 aromatic heterocycles. The molecule has 0 atom stereocenters. The molecule has 0 aliphatic carbocycles. The second-order valence-electron chi connectivity index (χ2n) is 6.39. The normalized spacial score (nSPS) is 11.9. The third-order valence-electron chi connectivity index (χ3n) is 2.78. The van der Waals surface area contributed by atoms with Gasteiger partial charge in [-0.3, -0.25) is 0 Å².